The lowest BCUT2D eigenvalue weighted by atomic mass is 10.0. The van der Waals surface area contributed by atoms with Crippen molar-refractivity contribution in [2.45, 2.75) is 31.1 Å². The highest BCUT2D eigenvalue weighted by molar-refractivity contribution is 7.91. The largest absolute Gasteiger partial charge is 0.387 e. The van der Waals surface area contributed by atoms with Crippen LogP contribution in [0.2, 0.25) is 0 Å². The molecule has 6 nitrogen and oxygen atoms in total. The van der Waals surface area contributed by atoms with Crippen LogP contribution in [-0.2, 0) is 10.0 Å². The molecule has 8 heteroatoms. The van der Waals surface area contributed by atoms with Crippen molar-refractivity contribution in [3.63, 3.8) is 0 Å². The molecule has 1 unspecified atom stereocenters. The Morgan fingerprint density at radius 2 is 1.92 bits per heavy atom. The van der Waals surface area contributed by atoms with Gasteiger partial charge in [0.25, 0.3) is 0 Å². The van der Waals surface area contributed by atoms with Crippen LogP contribution < -0.4 is 4.72 Å². The van der Waals surface area contributed by atoms with Crippen molar-refractivity contribution in [3.8, 4) is 10.4 Å². The molecule has 2 heterocycles. The normalized spacial score (nSPS) is 13.1. The minimum atomic E-state index is -3.71. The summed E-state index contributed by atoms with van der Waals surface area (Å²) in [5, 5.41) is 14.2. The summed E-state index contributed by atoms with van der Waals surface area (Å²) in [6, 6.07) is 10.6. The molecule has 0 aliphatic heterocycles. The average molecular weight is 393 g/mol. The molecule has 0 amide bonds. The highest BCUT2D eigenvalue weighted by atomic mass is 32.2. The third-order valence-corrected chi connectivity index (χ3v) is 7.16. The lowest BCUT2D eigenvalue weighted by Crippen LogP contribution is -2.28. The molecule has 3 rings (SSSR count). The molecule has 1 aromatic carbocycles. The molecular weight excluding hydrogens is 372 g/mol. The van der Waals surface area contributed by atoms with Gasteiger partial charge in [-0.3, -0.25) is 0 Å². The predicted molar refractivity (Wildman–Crippen MR) is 101 cm³/mol. The maximum Gasteiger partial charge on any atom is 0.250 e. The van der Waals surface area contributed by atoms with Crippen LogP contribution in [0.15, 0.2) is 45.1 Å². The zero-order valence-electron chi connectivity index (χ0n) is 14.7. The van der Waals surface area contributed by atoms with Crippen LogP contribution in [0.25, 0.3) is 10.4 Å². The molecule has 0 saturated heterocycles. The predicted octanol–water partition coefficient (Wildman–Crippen LogP) is 3.34. The van der Waals surface area contributed by atoms with E-state index in [-0.39, 0.29) is 10.8 Å². The third-order valence-electron chi connectivity index (χ3n) is 4.14. The second kappa shape index (κ2) is 7.32. The molecule has 0 fully saturated rings. The van der Waals surface area contributed by atoms with Crippen LogP contribution in [0.1, 0.15) is 28.7 Å². The number of benzene rings is 1. The lowest BCUT2D eigenvalue weighted by molar-refractivity contribution is 0.181. The Morgan fingerprint density at radius 1 is 1.19 bits per heavy atom. The van der Waals surface area contributed by atoms with E-state index >= 15 is 0 Å². The van der Waals surface area contributed by atoms with Crippen molar-refractivity contribution in [3.05, 3.63) is 59.0 Å². The minimum absolute atomic E-state index is 0.0915. The summed E-state index contributed by atoms with van der Waals surface area (Å²) in [4.78, 5) is 0.779. The number of hydrogen-bond donors (Lipinski definition) is 2. The van der Waals surface area contributed by atoms with E-state index in [1.807, 2.05) is 32.0 Å². The van der Waals surface area contributed by atoms with Gasteiger partial charge in [-0.15, -0.1) is 11.3 Å². The summed E-state index contributed by atoms with van der Waals surface area (Å²) >= 11 is 1.14. The van der Waals surface area contributed by atoms with E-state index in [0.29, 0.717) is 11.3 Å². The van der Waals surface area contributed by atoms with E-state index in [1.165, 1.54) is 0 Å². The second-order valence-corrected chi connectivity index (χ2v) is 9.12. The molecule has 0 aliphatic carbocycles. The number of aliphatic hydroxyl groups excluding tert-OH is 1. The SMILES string of the molecule is Cc1ccccc1C(O)CNS(=O)(=O)c1ccc(-c2c(C)noc2C)s1. The number of aliphatic hydroxyl groups is 1. The Labute approximate surface area is 156 Å². The molecule has 3 aromatic rings. The fourth-order valence-electron chi connectivity index (χ4n) is 2.76. The highest BCUT2D eigenvalue weighted by Gasteiger charge is 2.21. The first-order valence-corrected chi connectivity index (χ1v) is 10.4. The number of sulfonamides is 1. The Hall–Kier alpha value is -2.00. The van der Waals surface area contributed by atoms with Gasteiger partial charge in [-0.1, -0.05) is 29.4 Å². The molecule has 1 atom stereocenters. The van der Waals surface area contributed by atoms with E-state index in [2.05, 4.69) is 9.88 Å². The van der Waals surface area contributed by atoms with Crippen LogP contribution in [-0.4, -0.2) is 25.2 Å². The van der Waals surface area contributed by atoms with Gasteiger partial charge in [-0.05, 0) is 44.0 Å². The number of rotatable bonds is 6. The molecule has 138 valence electrons. The Kier molecular flexibility index (Phi) is 5.29. The number of aromatic nitrogens is 1. The van der Waals surface area contributed by atoms with Crippen LogP contribution in [0.3, 0.4) is 0 Å². The molecule has 0 bridgehead atoms. The van der Waals surface area contributed by atoms with E-state index in [1.54, 1.807) is 25.1 Å². The summed E-state index contributed by atoms with van der Waals surface area (Å²) in [6.45, 7) is 5.39. The summed E-state index contributed by atoms with van der Waals surface area (Å²) < 4.78 is 32.9. The van der Waals surface area contributed by atoms with Crippen molar-refractivity contribution in [1.29, 1.82) is 0 Å². The number of nitrogens with one attached hydrogen (secondary N) is 1. The quantitative estimate of drug-likeness (QED) is 0.671. The highest BCUT2D eigenvalue weighted by Crippen LogP contribution is 2.34. The number of hydrogen-bond acceptors (Lipinski definition) is 6. The van der Waals surface area contributed by atoms with Crippen molar-refractivity contribution in [1.82, 2.24) is 9.88 Å². The summed E-state index contributed by atoms with van der Waals surface area (Å²) in [5.41, 5.74) is 3.15. The van der Waals surface area contributed by atoms with Crippen LogP contribution >= 0.6 is 11.3 Å². The van der Waals surface area contributed by atoms with Crippen molar-refractivity contribution in [2.75, 3.05) is 6.54 Å². The van der Waals surface area contributed by atoms with Crippen molar-refractivity contribution >= 4 is 21.4 Å². The number of thiophene rings is 1. The van der Waals surface area contributed by atoms with Gasteiger partial charge < -0.3 is 9.63 Å². The smallest absolute Gasteiger partial charge is 0.250 e. The zero-order chi connectivity index (χ0) is 18.9. The van der Waals surface area contributed by atoms with Gasteiger partial charge in [0.15, 0.2) is 0 Å². The Morgan fingerprint density at radius 3 is 2.58 bits per heavy atom. The third kappa shape index (κ3) is 3.73. The molecule has 2 N–H and O–H groups in total. The first kappa shape index (κ1) is 18.8. The molecular formula is C18H20N2O4S2. The van der Waals surface area contributed by atoms with Gasteiger partial charge in [0.05, 0.1) is 17.4 Å². The van der Waals surface area contributed by atoms with Gasteiger partial charge in [0.1, 0.15) is 9.97 Å². The van der Waals surface area contributed by atoms with Crippen LogP contribution in [0.4, 0.5) is 0 Å². The summed E-state index contributed by atoms with van der Waals surface area (Å²) in [6.07, 6.45) is -0.909. The van der Waals surface area contributed by atoms with Crippen LogP contribution in [0.5, 0.6) is 0 Å². The topological polar surface area (TPSA) is 92.4 Å². The van der Waals surface area contributed by atoms with Gasteiger partial charge in [0.2, 0.25) is 10.0 Å². The molecule has 26 heavy (non-hydrogen) atoms. The summed E-state index contributed by atoms with van der Waals surface area (Å²) in [5.74, 6) is 0.649. The van der Waals surface area contributed by atoms with Gasteiger partial charge in [0, 0.05) is 11.4 Å². The maximum atomic E-state index is 12.6. The second-order valence-electron chi connectivity index (χ2n) is 6.04. The van der Waals surface area contributed by atoms with Crippen LogP contribution in [0, 0.1) is 20.8 Å². The zero-order valence-corrected chi connectivity index (χ0v) is 16.3. The average Bonchev–Trinajstić information content (AvgIpc) is 3.20. The van der Waals surface area contributed by atoms with Gasteiger partial charge in [-0.25, -0.2) is 13.1 Å². The van der Waals surface area contributed by atoms with Gasteiger partial charge in [-0.2, -0.15) is 0 Å². The number of nitrogens with zero attached hydrogens (tertiary/aromatic N) is 1. The Bertz CT molecular complexity index is 1000. The lowest BCUT2D eigenvalue weighted by Gasteiger charge is -2.14. The monoisotopic (exact) mass is 392 g/mol. The van der Waals surface area contributed by atoms with Crippen molar-refractivity contribution < 1.29 is 18.0 Å². The molecule has 0 spiro atoms. The molecule has 0 aliphatic rings. The van der Waals surface area contributed by atoms with E-state index in [0.717, 1.165) is 33.0 Å². The first-order chi connectivity index (χ1) is 12.3. The molecule has 0 saturated carbocycles. The van der Waals surface area contributed by atoms with E-state index in [4.69, 9.17) is 4.52 Å². The standard InChI is InChI=1S/C18H20N2O4S2/c1-11-6-4-5-7-14(11)15(21)10-19-26(22,23)17-9-8-16(25-17)18-12(2)20-24-13(18)3/h4-9,15,19,21H,10H2,1-3H3. The van der Waals surface area contributed by atoms with Gasteiger partial charge >= 0.3 is 0 Å². The van der Waals surface area contributed by atoms with E-state index in [9.17, 15) is 13.5 Å². The maximum absolute atomic E-state index is 12.6. The first-order valence-electron chi connectivity index (χ1n) is 8.06. The van der Waals surface area contributed by atoms with E-state index < -0.39 is 16.1 Å². The fraction of sp³-hybridized carbons (Fsp3) is 0.278. The molecule has 0 radical (unpaired) electrons. The van der Waals surface area contributed by atoms with Crippen molar-refractivity contribution in [2.24, 2.45) is 0 Å². The Balaban J connectivity index is 1.76. The fourth-order valence-corrected chi connectivity index (χ4v) is 5.30. The number of aryl methyl sites for hydroxylation is 3. The minimum Gasteiger partial charge on any atom is -0.387 e. The summed E-state index contributed by atoms with van der Waals surface area (Å²) in [7, 11) is -3.71. The molecule has 2 aromatic heterocycles.